The van der Waals surface area contributed by atoms with Gasteiger partial charge in [0.15, 0.2) is 11.1 Å². The van der Waals surface area contributed by atoms with E-state index in [1.807, 2.05) is 24.3 Å². The summed E-state index contributed by atoms with van der Waals surface area (Å²) >= 11 is 1.28. The summed E-state index contributed by atoms with van der Waals surface area (Å²) in [5, 5.41) is 3.14. The normalized spacial score (nSPS) is 15.4. The van der Waals surface area contributed by atoms with E-state index in [1.54, 1.807) is 4.90 Å². The molecule has 0 aliphatic carbocycles. The first-order valence-electron chi connectivity index (χ1n) is 10.3. The molecule has 0 unspecified atom stereocenters. The SMILES string of the molecule is CC(=O)Nc1nc(CCc2ccc(N=C(N)N)cc2)c(CC(=O)N2CCC[C@H]2C(N)=O)s1. The van der Waals surface area contributed by atoms with Gasteiger partial charge >= 0.3 is 0 Å². The smallest absolute Gasteiger partial charge is 0.240 e. The first kappa shape index (κ1) is 23.2. The molecule has 1 aliphatic rings. The summed E-state index contributed by atoms with van der Waals surface area (Å²) in [6.45, 7) is 1.92. The number of hydrogen-bond acceptors (Lipinski definition) is 6. The Kier molecular flexibility index (Phi) is 7.41. The van der Waals surface area contributed by atoms with Crippen molar-refractivity contribution in [3.05, 3.63) is 40.4 Å². The second-order valence-electron chi connectivity index (χ2n) is 7.60. The average molecular weight is 458 g/mol. The number of carbonyl (C=O) groups excluding carboxylic acids is 3. The standard InChI is InChI=1S/C21H27N7O3S/c1-12(29)25-21-27-15(9-6-13-4-7-14(8-5-13)26-20(23)24)17(32-21)11-18(30)28-10-2-3-16(28)19(22)31/h4-5,7-8,16H,2-3,6,9-11H2,1H3,(H2,22,31)(H4,23,24,26)(H,25,27,29)/t16-/m0/s1. The van der Waals surface area contributed by atoms with Gasteiger partial charge in [0.05, 0.1) is 17.8 Å². The summed E-state index contributed by atoms with van der Waals surface area (Å²) < 4.78 is 0. The molecule has 2 heterocycles. The Hall–Kier alpha value is -3.47. The van der Waals surface area contributed by atoms with Crippen LogP contribution in [0, 0.1) is 0 Å². The fourth-order valence-corrected chi connectivity index (χ4v) is 4.71. The molecule has 0 radical (unpaired) electrons. The Morgan fingerprint density at radius 3 is 2.53 bits per heavy atom. The average Bonchev–Trinajstić information content (AvgIpc) is 3.34. The lowest BCUT2D eigenvalue weighted by Gasteiger charge is -2.22. The summed E-state index contributed by atoms with van der Waals surface area (Å²) in [5.41, 5.74) is 18.7. The third-order valence-corrected chi connectivity index (χ3v) is 6.13. The third-order valence-electron chi connectivity index (χ3n) is 5.12. The molecule has 1 aromatic carbocycles. The number of nitrogens with one attached hydrogen (secondary N) is 1. The van der Waals surface area contributed by atoms with Crippen LogP contribution in [0.15, 0.2) is 29.3 Å². The molecule has 1 fully saturated rings. The number of guanidine groups is 1. The maximum absolute atomic E-state index is 12.9. The van der Waals surface area contributed by atoms with Crippen molar-refractivity contribution in [1.82, 2.24) is 9.88 Å². The molecule has 0 saturated carbocycles. The Bertz CT molecular complexity index is 1030. The van der Waals surface area contributed by atoms with Crippen molar-refractivity contribution in [2.24, 2.45) is 22.2 Å². The number of anilines is 1. The van der Waals surface area contributed by atoms with Crippen molar-refractivity contribution in [2.45, 2.75) is 45.1 Å². The summed E-state index contributed by atoms with van der Waals surface area (Å²) in [5.74, 6) is -0.876. The minimum Gasteiger partial charge on any atom is -0.370 e. The summed E-state index contributed by atoms with van der Waals surface area (Å²) in [6, 6.07) is 6.93. The highest BCUT2D eigenvalue weighted by Gasteiger charge is 2.33. The predicted molar refractivity (Wildman–Crippen MR) is 123 cm³/mol. The monoisotopic (exact) mass is 457 g/mol. The first-order chi connectivity index (χ1) is 15.2. The highest BCUT2D eigenvalue weighted by atomic mass is 32.1. The summed E-state index contributed by atoms with van der Waals surface area (Å²) in [6.07, 6.45) is 2.71. The lowest BCUT2D eigenvalue weighted by Crippen LogP contribution is -2.44. The second kappa shape index (κ2) is 10.2. The molecule has 32 heavy (non-hydrogen) atoms. The van der Waals surface area contributed by atoms with E-state index in [1.165, 1.54) is 18.3 Å². The largest absolute Gasteiger partial charge is 0.370 e. The highest BCUT2D eigenvalue weighted by Crippen LogP contribution is 2.27. The number of benzene rings is 1. The zero-order chi connectivity index (χ0) is 23.3. The maximum atomic E-state index is 12.9. The van der Waals surface area contributed by atoms with Crippen molar-refractivity contribution >= 4 is 45.8 Å². The molecule has 1 saturated heterocycles. The Morgan fingerprint density at radius 2 is 1.91 bits per heavy atom. The fourth-order valence-electron chi connectivity index (χ4n) is 3.67. The van der Waals surface area contributed by atoms with Gasteiger partial charge in [-0.15, -0.1) is 11.3 Å². The van der Waals surface area contributed by atoms with Crippen molar-refractivity contribution in [3.63, 3.8) is 0 Å². The number of nitrogens with two attached hydrogens (primary N) is 3. The van der Waals surface area contributed by atoms with Gasteiger partial charge in [-0.1, -0.05) is 12.1 Å². The van der Waals surface area contributed by atoms with Crippen molar-refractivity contribution in [2.75, 3.05) is 11.9 Å². The number of carbonyl (C=O) groups is 3. The number of primary amides is 1. The van der Waals surface area contributed by atoms with Gasteiger partial charge in [-0.05, 0) is 43.4 Å². The molecule has 11 heteroatoms. The third kappa shape index (κ3) is 6.03. The van der Waals surface area contributed by atoms with E-state index in [0.29, 0.717) is 36.6 Å². The zero-order valence-electron chi connectivity index (χ0n) is 17.8. The van der Waals surface area contributed by atoms with E-state index < -0.39 is 11.9 Å². The number of thiazole rings is 1. The van der Waals surface area contributed by atoms with Crippen LogP contribution in [0.2, 0.25) is 0 Å². The Balaban J connectivity index is 1.74. The van der Waals surface area contributed by atoms with E-state index in [-0.39, 0.29) is 24.2 Å². The molecule has 10 nitrogen and oxygen atoms in total. The minimum atomic E-state index is -0.558. The molecule has 0 bridgehead atoms. The topological polar surface area (TPSA) is 170 Å². The molecule has 1 aliphatic heterocycles. The maximum Gasteiger partial charge on any atom is 0.240 e. The van der Waals surface area contributed by atoms with Crippen LogP contribution >= 0.6 is 11.3 Å². The van der Waals surface area contributed by atoms with Crippen LogP contribution in [0.3, 0.4) is 0 Å². The summed E-state index contributed by atoms with van der Waals surface area (Å²) in [7, 11) is 0. The summed E-state index contributed by atoms with van der Waals surface area (Å²) in [4.78, 5) is 46.9. The van der Waals surface area contributed by atoms with Crippen LogP contribution in [0.5, 0.6) is 0 Å². The first-order valence-corrected chi connectivity index (χ1v) is 11.1. The lowest BCUT2D eigenvalue weighted by atomic mass is 10.1. The van der Waals surface area contributed by atoms with Crippen molar-refractivity contribution in [3.8, 4) is 0 Å². The molecule has 3 rings (SSSR count). The van der Waals surface area contributed by atoms with Crippen LogP contribution in [0.4, 0.5) is 10.8 Å². The molecule has 0 spiro atoms. The van der Waals surface area contributed by atoms with E-state index in [2.05, 4.69) is 15.3 Å². The predicted octanol–water partition coefficient (Wildman–Crippen LogP) is 0.810. The number of nitrogens with zero attached hydrogens (tertiary/aromatic N) is 3. The number of hydrogen-bond donors (Lipinski definition) is 4. The van der Waals surface area contributed by atoms with Crippen molar-refractivity contribution in [1.29, 1.82) is 0 Å². The molecule has 1 aromatic heterocycles. The van der Waals surface area contributed by atoms with Gasteiger partial charge in [0.2, 0.25) is 17.7 Å². The zero-order valence-corrected chi connectivity index (χ0v) is 18.7. The number of rotatable bonds is 8. The van der Waals surface area contributed by atoms with E-state index in [9.17, 15) is 14.4 Å². The number of likely N-dealkylation sites (tertiary alicyclic amines) is 1. The Labute approximate surface area is 189 Å². The Morgan fingerprint density at radius 1 is 1.19 bits per heavy atom. The molecule has 1 atom stereocenters. The van der Waals surface area contributed by atoms with Crippen LogP contribution in [-0.4, -0.2) is 46.2 Å². The van der Waals surface area contributed by atoms with Gasteiger partial charge < -0.3 is 27.4 Å². The molecule has 7 N–H and O–H groups in total. The minimum absolute atomic E-state index is 0.00314. The van der Waals surface area contributed by atoms with Crippen molar-refractivity contribution < 1.29 is 14.4 Å². The van der Waals surface area contributed by atoms with Gasteiger partial charge in [-0.25, -0.2) is 9.98 Å². The van der Waals surface area contributed by atoms with E-state index in [0.717, 1.165) is 22.6 Å². The number of amides is 3. The van der Waals surface area contributed by atoms with Gasteiger partial charge in [-0.2, -0.15) is 0 Å². The van der Waals surface area contributed by atoms with Crippen LogP contribution in [0.25, 0.3) is 0 Å². The highest BCUT2D eigenvalue weighted by molar-refractivity contribution is 7.16. The van der Waals surface area contributed by atoms with Crippen LogP contribution < -0.4 is 22.5 Å². The number of aromatic nitrogens is 1. The number of aryl methyl sites for hydroxylation is 2. The molecule has 3 amide bonds. The fraction of sp³-hybridized carbons (Fsp3) is 0.381. The molecule has 170 valence electrons. The quantitative estimate of drug-likeness (QED) is 0.337. The molecular formula is C21H27N7O3S. The van der Waals surface area contributed by atoms with Gasteiger partial charge in [0.25, 0.3) is 0 Å². The molecular weight excluding hydrogens is 430 g/mol. The van der Waals surface area contributed by atoms with Gasteiger partial charge in [0, 0.05) is 18.3 Å². The number of aliphatic imine (C=N–C) groups is 1. The molecule has 2 aromatic rings. The van der Waals surface area contributed by atoms with E-state index in [4.69, 9.17) is 17.2 Å². The second-order valence-corrected chi connectivity index (χ2v) is 8.68. The van der Waals surface area contributed by atoms with Crippen LogP contribution in [-0.2, 0) is 33.6 Å². The van der Waals surface area contributed by atoms with Gasteiger partial charge in [-0.3, -0.25) is 14.4 Å². The van der Waals surface area contributed by atoms with Gasteiger partial charge in [0.1, 0.15) is 6.04 Å². The lowest BCUT2D eigenvalue weighted by molar-refractivity contribution is -0.136. The van der Waals surface area contributed by atoms with E-state index >= 15 is 0 Å². The van der Waals surface area contributed by atoms with Crippen LogP contribution in [0.1, 0.15) is 35.9 Å².